The maximum atomic E-state index is 15.9. The number of thiophene rings is 1. The van der Waals surface area contributed by atoms with Crippen LogP contribution in [0.25, 0.3) is 55.3 Å². The standard InChI is InChI=1S/C24H17FN8OS/c1-2-17(34)29-13-8-12(9-26-10-13)15-11-28-22-18(19(15)25)21(32-33-22)24-30-20-14(16-4-3-7-35-16)5-6-27-23(20)31-24/h3-11H,2H2,1H3,(H,29,34)(H,27,30,31)(H,28,32,33). The van der Waals surface area contributed by atoms with Gasteiger partial charge in [0.1, 0.15) is 11.5 Å². The number of hydrogen-bond acceptors (Lipinski definition) is 7. The van der Waals surface area contributed by atoms with E-state index in [9.17, 15) is 4.79 Å². The summed E-state index contributed by atoms with van der Waals surface area (Å²) in [6.45, 7) is 1.75. The molecule has 6 rings (SSSR count). The van der Waals surface area contributed by atoms with Gasteiger partial charge in [0.05, 0.1) is 22.8 Å². The molecule has 0 saturated carbocycles. The average molecular weight is 485 g/mol. The molecule has 0 radical (unpaired) electrons. The van der Waals surface area contributed by atoms with E-state index in [2.05, 4.69) is 40.4 Å². The van der Waals surface area contributed by atoms with E-state index in [1.54, 1.807) is 30.5 Å². The van der Waals surface area contributed by atoms with Gasteiger partial charge in [-0.2, -0.15) is 5.10 Å². The van der Waals surface area contributed by atoms with Crippen molar-refractivity contribution in [3.8, 4) is 33.1 Å². The summed E-state index contributed by atoms with van der Waals surface area (Å²) in [7, 11) is 0. The molecule has 0 bridgehead atoms. The molecule has 11 heteroatoms. The van der Waals surface area contributed by atoms with Gasteiger partial charge in [-0.15, -0.1) is 11.3 Å². The lowest BCUT2D eigenvalue weighted by Gasteiger charge is -2.07. The second kappa shape index (κ2) is 8.37. The summed E-state index contributed by atoms with van der Waals surface area (Å²) in [5.74, 6) is -0.277. The highest BCUT2D eigenvalue weighted by atomic mass is 32.1. The van der Waals surface area contributed by atoms with Gasteiger partial charge in [0, 0.05) is 46.6 Å². The summed E-state index contributed by atoms with van der Waals surface area (Å²) in [6, 6.07) is 7.57. The zero-order valence-corrected chi connectivity index (χ0v) is 19.2. The summed E-state index contributed by atoms with van der Waals surface area (Å²) >= 11 is 1.61. The molecular weight excluding hydrogens is 467 g/mol. The van der Waals surface area contributed by atoms with Crippen molar-refractivity contribution < 1.29 is 9.18 Å². The summed E-state index contributed by atoms with van der Waals surface area (Å²) in [6.07, 6.45) is 6.46. The Balaban J connectivity index is 1.48. The van der Waals surface area contributed by atoms with Crippen LogP contribution in [0.1, 0.15) is 13.3 Å². The number of hydrogen-bond donors (Lipinski definition) is 3. The Morgan fingerprint density at radius 3 is 2.89 bits per heavy atom. The maximum Gasteiger partial charge on any atom is 0.224 e. The number of nitrogens with zero attached hydrogens (tertiary/aromatic N) is 5. The van der Waals surface area contributed by atoms with Crippen LogP contribution in [0.3, 0.4) is 0 Å². The molecule has 35 heavy (non-hydrogen) atoms. The number of H-pyrrole nitrogens is 2. The topological polar surface area (TPSA) is 125 Å². The first kappa shape index (κ1) is 21.1. The number of anilines is 1. The lowest BCUT2D eigenvalue weighted by Crippen LogP contribution is -2.09. The molecule has 6 aromatic heterocycles. The highest BCUT2D eigenvalue weighted by Crippen LogP contribution is 2.35. The molecule has 6 aromatic rings. The quantitative estimate of drug-likeness (QED) is 0.310. The van der Waals surface area contributed by atoms with Gasteiger partial charge in [0.2, 0.25) is 5.91 Å². The van der Waals surface area contributed by atoms with Crippen LogP contribution in [0.4, 0.5) is 10.1 Å². The van der Waals surface area contributed by atoms with Crippen molar-refractivity contribution in [2.45, 2.75) is 13.3 Å². The van der Waals surface area contributed by atoms with Crippen molar-refractivity contribution in [1.82, 2.24) is 35.1 Å². The molecule has 9 nitrogen and oxygen atoms in total. The summed E-state index contributed by atoms with van der Waals surface area (Å²) < 4.78 is 15.9. The Hall–Kier alpha value is -4.51. The molecule has 172 valence electrons. The summed E-state index contributed by atoms with van der Waals surface area (Å²) in [5, 5.41) is 12.0. The van der Waals surface area contributed by atoms with E-state index in [4.69, 9.17) is 0 Å². The van der Waals surface area contributed by atoms with Crippen LogP contribution in [0.2, 0.25) is 0 Å². The Morgan fingerprint density at radius 1 is 1.14 bits per heavy atom. The monoisotopic (exact) mass is 484 g/mol. The van der Waals surface area contributed by atoms with Gasteiger partial charge in [-0.3, -0.25) is 14.9 Å². The van der Waals surface area contributed by atoms with E-state index in [-0.39, 0.29) is 22.5 Å². The molecule has 6 heterocycles. The minimum atomic E-state index is -0.522. The van der Waals surface area contributed by atoms with Crippen molar-refractivity contribution in [2.75, 3.05) is 5.32 Å². The fourth-order valence-corrected chi connectivity index (χ4v) is 4.65. The first-order valence-corrected chi connectivity index (χ1v) is 11.7. The van der Waals surface area contributed by atoms with E-state index in [0.717, 1.165) is 16.0 Å². The maximum absolute atomic E-state index is 15.9. The first-order valence-electron chi connectivity index (χ1n) is 10.8. The number of fused-ring (bicyclic) bond motifs is 2. The summed E-state index contributed by atoms with van der Waals surface area (Å²) in [5.41, 5.74) is 4.00. The van der Waals surface area contributed by atoms with Crippen LogP contribution in [0, 0.1) is 5.82 Å². The van der Waals surface area contributed by atoms with E-state index in [1.165, 1.54) is 18.6 Å². The minimum Gasteiger partial charge on any atom is -0.335 e. The number of aromatic amines is 2. The van der Waals surface area contributed by atoms with Gasteiger partial charge in [0.25, 0.3) is 0 Å². The zero-order chi connectivity index (χ0) is 23.9. The average Bonchev–Trinajstić information content (AvgIpc) is 3.63. The number of nitrogens with one attached hydrogen (secondary N) is 3. The molecule has 1 amide bonds. The molecule has 0 aliphatic heterocycles. The first-order chi connectivity index (χ1) is 17.1. The minimum absolute atomic E-state index is 0.157. The Kier molecular flexibility index (Phi) is 5.03. The molecular formula is C24H17FN8OS. The zero-order valence-electron chi connectivity index (χ0n) is 18.3. The molecule has 3 N–H and O–H groups in total. The molecule has 0 unspecified atom stereocenters. The van der Waals surface area contributed by atoms with E-state index >= 15 is 4.39 Å². The molecule has 0 aliphatic rings. The highest BCUT2D eigenvalue weighted by molar-refractivity contribution is 7.13. The van der Waals surface area contributed by atoms with Crippen LogP contribution < -0.4 is 5.32 Å². The highest BCUT2D eigenvalue weighted by Gasteiger charge is 2.21. The van der Waals surface area contributed by atoms with Gasteiger partial charge >= 0.3 is 0 Å². The number of carbonyl (C=O) groups excluding carboxylic acids is 1. The third-order valence-electron chi connectivity index (χ3n) is 5.59. The predicted octanol–water partition coefficient (Wildman–Crippen LogP) is 5.17. The number of carbonyl (C=O) groups is 1. The number of amides is 1. The normalized spacial score (nSPS) is 11.4. The van der Waals surface area contributed by atoms with E-state index in [1.807, 2.05) is 23.6 Å². The second-order valence-corrected chi connectivity index (χ2v) is 8.71. The second-order valence-electron chi connectivity index (χ2n) is 7.77. The molecule has 0 aliphatic carbocycles. The molecule has 0 aromatic carbocycles. The molecule has 0 fully saturated rings. The lowest BCUT2D eigenvalue weighted by molar-refractivity contribution is -0.115. The van der Waals surface area contributed by atoms with Crippen LogP contribution in [0.5, 0.6) is 0 Å². The van der Waals surface area contributed by atoms with Gasteiger partial charge in [-0.1, -0.05) is 13.0 Å². The Morgan fingerprint density at radius 2 is 2.06 bits per heavy atom. The molecule has 0 atom stereocenters. The number of aromatic nitrogens is 7. The van der Waals surface area contributed by atoms with E-state index < -0.39 is 5.82 Å². The third-order valence-corrected chi connectivity index (χ3v) is 6.49. The third kappa shape index (κ3) is 3.62. The van der Waals surface area contributed by atoms with Crippen LogP contribution in [0.15, 0.2) is 54.4 Å². The number of pyridine rings is 3. The largest absolute Gasteiger partial charge is 0.335 e. The van der Waals surface area contributed by atoms with Gasteiger partial charge in [-0.05, 0) is 23.6 Å². The summed E-state index contributed by atoms with van der Waals surface area (Å²) in [4.78, 5) is 33.5. The fourth-order valence-electron chi connectivity index (χ4n) is 3.89. The van der Waals surface area contributed by atoms with Crippen LogP contribution in [-0.2, 0) is 4.79 Å². The smallest absolute Gasteiger partial charge is 0.224 e. The molecule has 0 spiro atoms. The fraction of sp³-hybridized carbons (Fsp3) is 0.0833. The Labute approximate surface area is 201 Å². The number of imidazole rings is 1. The number of halogens is 1. The van der Waals surface area contributed by atoms with Gasteiger partial charge < -0.3 is 10.3 Å². The van der Waals surface area contributed by atoms with Crippen molar-refractivity contribution in [2.24, 2.45) is 0 Å². The van der Waals surface area contributed by atoms with E-state index in [0.29, 0.717) is 34.8 Å². The Bertz CT molecular complexity index is 1710. The van der Waals surface area contributed by atoms with Crippen molar-refractivity contribution >= 4 is 45.1 Å². The predicted molar refractivity (Wildman–Crippen MR) is 132 cm³/mol. The van der Waals surface area contributed by atoms with Crippen molar-refractivity contribution in [1.29, 1.82) is 0 Å². The van der Waals surface area contributed by atoms with Gasteiger partial charge in [-0.25, -0.2) is 19.3 Å². The van der Waals surface area contributed by atoms with Gasteiger partial charge in [0.15, 0.2) is 17.1 Å². The van der Waals surface area contributed by atoms with Crippen LogP contribution >= 0.6 is 11.3 Å². The van der Waals surface area contributed by atoms with Crippen molar-refractivity contribution in [3.63, 3.8) is 0 Å². The van der Waals surface area contributed by atoms with Crippen LogP contribution in [-0.4, -0.2) is 41.0 Å². The number of rotatable bonds is 5. The SMILES string of the molecule is CCC(=O)Nc1cncc(-c2cnc3n[nH]c(-c4nc5nccc(-c6cccs6)c5[nH]4)c3c2F)c1. The molecule has 0 saturated heterocycles. The van der Waals surface area contributed by atoms with Crippen molar-refractivity contribution in [3.05, 3.63) is 60.3 Å². The lowest BCUT2D eigenvalue weighted by atomic mass is 10.1.